The molecule has 0 saturated heterocycles. The Hall–Kier alpha value is -1.40. The van der Waals surface area contributed by atoms with Crippen LogP contribution in [-0.4, -0.2) is 31.9 Å². The van der Waals surface area contributed by atoms with Crippen LogP contribution in [0.25, 0.3) is 0 Å². The third-order valence-corrected chi connectivity index (χ3v) is 7.28. The summed E-state index contributed by atoms with van der Waals surface area (Å²) >= 11 is 5.91. The third-order valence-electron chi connectivity index (χ3n) is 4.69. The van der Waals surface area contributed by atoms with Crippen molar-refractivity contribution in [3.63, 3.8) is 0 Å². The number of halogens is 1. The summed E-state index contributed by atoms with van der Waals surface area (Å²) in [6.45, 7) is -0.166. The Kier molecular flexibility index (Phi) is 4.23. The summed E-state index contributed by atoms with van der Waals surface area (Å²) in [5.41, 5.74) is 5.84. The molecule has 4 nitrogen and oxygen atoms in total. The van der Waals surface area contributed by atoms with Gasteiger partial charge in [0, 0.05) is 22.9 Å². The van der Waals surface area contributed by atoms with Crippen molar-refractivity contribution in [1.29, 1.82) is 0 Å². The topological polar surface area (TPSA) is 80.4 Å². The zero-order valence-corrected chi connectivity index (χ0v) is 14.0. The van der Waals surface area contributed by atoms with Crippen LogP contribution in [0.1, 0.15) is 11.5 Å². The molecule has 0 heterocycles. The summed E-state index contributed by atoms with van der Waals surface area (Å²) in [6, 6.07) is 15.3. The molecule has 0 spiro atoms. The van der Waals surface area contributed by atoms with Crippen LogP contribution in [0.2, 0.25) is 5.02 Å². The number of benzene rings is 2. The Bertz CT molecular complexity index is 786. The summed E-state index contributed by atoms with van der Waals surface area (Å²) in [6.07, 6.45) is 0. The maximum absolute atomic E-state index is 13.0. The molecule has 2 aromatic carbocycles. The van der Waals surface area contributed by atoms with Gasteiger partial charge in [-0.2, -0.15) is 0 Å². The number of nitrogens with two attached hydrogens (primary N) is 1. The van der Waals surface area contributed by atoms with Gasteiger partial charge < -0.3 is 10.8 Å². The lowest BCUT2D eigenvalue weighted by Gasteiger charge is -2.12. The molecule has 0 bridgehead atoms. The lowest BCUT2D eigenvalue weighted by molar-refractivity contribution is 0.212. The lowest BCUT2D eigenvalue weighted by atomic mass is 10.0. The Labute approximate surface area is 140 Å². The van der Waals surface area contributed by atoms with Gasteiger partial charge in [-0.05, 0) is 29.8 Å². The van der Waals surface area contributed by atoms with E-state index in [0.29, 0.717) is 5.02 Å². The maximum Gasteiger partial charge on any atom is 0.182 e. The number of aliphatic hydroxyl groups excluding tert-OH is 1. The molecule has 3 atom stereocenters. The number of sulfone groups is 1. The highest BCUT2D eigenvalue weighted by Gasteiger charge is 2.70. The summed E-state index contributed by atoms with van der Waals surface area (Å²) in [7, 11) is -3.58. The molecule has 23 heavy (non-hydrogen) atoms. The second-order valence-electron chi connectivity index (χ2n) is 5.90. The first-order valence-electron chi connectivity index (χ1n) is 7.33. The first-order chi connectivity index (χ1) is 11.0. The number of rotatable bonds is 5. The van der Waals surface area contributed by atoms with E-state index in [2.05, 4.69) is 0 Å². The van der Waals surface area contributed by atoms with Crippen molar-refractivity contribution in [3.05, 3.63) is 65.2 Å². The molecule has 0 radical (unpaired) electrons. The second kappa shape index (κ2) is 5.91. The van der Waals surface area contributed by atoms with E-state index in [0.717, 1.165) is 5.56 Å². The van der Waals surface area contributed by atoms with Gasteiger partial charge in [-0.3, -0.25) is 0 Å². The highest BCUT2D eigenvalue weighted by Crippen LogP contribution is 2.63. The zero-order valence-electron chi connectivity index (χ0n) is 12.4. The molecule has 3 rings (SSSR count). The van der Waals surface area contributed by atoms with Crippen LogP contribution < -0.4 is 5.73 Å². The van der Waals surface area contributed by atoms with Gasteiger partial charge in [0.25, 0.3) is 0 Å². The summed E-state index contributed by atoms with van der Waals surface area (Å²) in [5.74, 6) is -0.333. The van der Waals surface area contributed by atoms with Crippen LogP contribution in [0.4, 0.5) is 0 Å². The van der Waals surface area contributed by atoms with E-state index in [4.69, 9.17) is 17.3 Å². The van der Waals surface area contributed by atoms with Gasteiger partial charge in [-0.25, -0.2) is 8.42 Å². The molecular formula is C17H18ClNO3S. The first kappa shape index (κ1) is 16.5. The minimum absolute atomic E-state index is 0.105. The quantitative estimate of drug-likeness (QED) is 0.865. The second-order valence-corrected chi connectivity index (χ2v) is 8.41. The molecule has 1 saturated carbocycles. The molecule has 3 N–H and O–H groups in total. The minimum Gasteiger partial charge on any atom is -0.396 e. The smallest absolute Gasteiger partial charge is 0.182 e. The largest absolute Gasteiger partial charge is 0.396 e. The SMILES string of the molecule is NC[C@]1(CO)[C@H](c2ccc(Cl)cc2)[C@@H]1S(=O)(=O)c1ccccc1. The molecular weight excluding hydrogens is 334 g/mol. The predicted octanol–water partition coefficient (Wildman–Crippen LogP) is 2.22. The van der Waals surface area contributed by atoms with Gasteiger partial charge in [-0.1, -0.05) is 41.9 Å². The Balaban J connectivity index is 2.05. The normalized spacial score (nSPS) is 26.9. The van der Waals surface area contributed by atoms with Gasteiger partial charge in [0.15, 0.2) is 9.84 Å². The monoisotopic (exact) mass is 351 g/mol. The van der Waals surface area contributed by atoms with Crippen molar-refractivity contribution >= 4 is 21.4 Å². The van der Waals surface area contributed by atoms with Gasteiger partial charge in [0.1, 0.15) is 0 Å². The Morgan fingerprint density at radius 3 is 2.22 bits per heavy atom. The Morgan fingerprint density at radius 1 is 1.09 bits per heavy atom. The number of aliphatic hydroxyl groups is 1. The highest BCUT2D eigenvalue weighted by molar-refractivity contribution is 7.92. The van der Waals surface area contributed by atoms with Gasteiger partial charge in [-0.15, -0.1) is 0 Å². The fourth-order valence-corrected chi connectivity index (χ4v) is 5.97. The molecule has 1 aliphatic carbocycles. The molecule has 6 heteroatoms. The van der Waals surface area contributed by atoms with Gasteiger partial charge in [0.2, 0.25) is 0 Å². The van der Waals surface area contributed by atoms with Crippen LogP contribution in [0.5, 0.6) is 0 Å². The number of hydrogen-bond donors (Lipinski definition) is 2. The van der Waals surface area contributed by atoms with E-state index in [1.807, 2.05) is 0 Å². The average molecular weight is 352 g/mol. The van der Waals surface area contributed by atoms with E-state index >= 15 is 0 Å². The van der Waals surface area contributed by atoms with Crippen molar-refractivity contribution in [2.45, 2.75) is 16.1 Å². The van der Waals surface area contributed by atoms with E-state index in [9.17, 15) is 13.5 Å². The summed E-state index contributed by atoms with van der Waals surface area (Å²) in [4.78, 5) is 0.257. The Morgan fingerprint density at radius 2 is 1.70 bits per heavy atom. The van der Waals surface area contributed by atoms with Crippen LogP contribution in [0.3, 0.4) is 0 Å². The maximum atomic E-state index is 13.0. The fourth-order valence-electron chi connectivity index (χ4n) is 3.37. The predicted molar refractivity (Wildman–Crippen MR) is 90.2 cm³/mol. The molecule has 1 aliphatic rings. The molecule has 0 amide bonds. The average Bonchev–Trinajstić information content (AvgIpc) is 3.27. The lowest BCUT2D eigenvalue weighted by Crippen LogP contribution is -2.27. The molecule has 0 aliphatic heterocycles. The van der Waals surface area contributed by atoms with Crippen molar-refractivity contribution in [2.24, 2.45) is 11.1 Å². The van der Waals surface area contributed by atoms with Crippen LogP contribution in [-0.2, 0) is 9.84 Å². The minimum atomic E-state index is -3.58. The van der Waals surface area contributed by atoms with E-state index in [-0.39, 0.29) is 24.0 Å². The van der Waals surface area contributed by atoms with E-state index in [1.165, 1.54) is 0 Å². The molecule has 122 valence electrons. The van der Waals surface area contributed by atoms with Crippen molar-refractivity contribution in [2.75, 3.05) is 13.2 Å². The molecule has 1 fully saturated rings. The highest BCUT2D eigenvalue weighted by atomic mass is 35.5. The van der Waals surface area contributed by atoms with Crippen molar-refractivity contribution < 1.29 is 13.5 Å². The molecule has 2 aromatic rings. The van der Waals surface area contributed by atoms with Crippen molar-refractivity contribution in [3.8, 4) is 0 Å². The van der Waals surface area contributed by atoms with Gasteiger partial charge in [0.05, 0.1) is 16.8 Å². The summed E-state index contributed by atoms with van der Waals surface area (Å²) < 4.78 is 26.0. The third kappa shape index (κ3) is 2.58. The van der Waals surface area contributed by atoms with Crippen LogP contribution in [0, 0.1) is 5.41 Å². The van der Waals surface area contributed by atoms with Crippen LogP contribution in [0.15, 0.2) is 59.5 Å². The zero-order chi connectivity index (χ0) is 16.7. The molecule has 0 unspecified atom stereocenters. The fraction of sp³-hybridized carbons (Fsp3) is 0.294. The van der Waals surface area contributed by atoms with Crippen molar-refractivity contribution in [1.82, 2.24) is 0 Å². The standard InChI is InChI=1S/C17H18ClNO3S/c18-13-8-6-12(7-9-13)15-16(17(15,10-19)11-20)23(21,22)14-4-2-1-3-5-14/h1-9,15-16,20H,10-11,19H2/t15-,16+,17+/m1/s1. The summed E-state index contributed by atoms with van der Waals surface area (Å²) in [5, 5.41) is 9.71. The van der Waals surface area contributed by atoms with Gasteiger partial charge >= 0.3 is 0 Å². The molecule has 0 aromatic heterocycles. The van der Waals surface area contributed by atoms with E-state index < -0.39 is 20.5 Å². The first-order valence-corrected chi connectivity index (χ1v) is 9.25. The van der Waals surface area contributed by atoms with Crippen LogP contribution >= 0.6 is 11.6 Å². The van der Waals surface area contributed by atoms with E-state index in [1.54, 1.807) is 54.6 Å². The number of hydrogen-bond acceptors (Lipinski definition) is 4.